The minimum atomic E-state index is 0.997. The minimum Gasteiger partial charge on any atom is -0.264 e. The lowest BCUT2D eigenvalue weighted by Crippen LogP contribution is -1.88. The van der Waals surface area contributed by atoms with E-state index in [0.29, 0.717) is 0 Å². The number of aromatic nitrogens is 2. The van der Waals surface area contributed by atoms with Gasteiger partial charge in [-0.15, -0.1) is 11.3 Å². The molecule has 100 valence electrons. The summed E-state index contributed by atoms with van der Waals surface area (Å²) in [6, 6.07) is 12.4. The standard InChI is InChI=1S/C17H16N2S/c1-3-13-9-10-18-11-15(13)17-19-16(12(2)20-17)14-7-5-4-6-8-14/h4-11H,3H2,1-2H3. The predicted molar refractivity (Wildman–Crippen MR) is 84.9 cm³/mol. The van der Waals surface area contributed by atoms with Crippen LogP contribution in [0.4, 0.5) is 0 Å². The normalized spacial score (nSPS) is 10.7. The van der Waals surface area contributed by atoms with Gasteiger partial charge in [-0.3, -0.25) is 4.98 Å². The van der Waals surface area contributed by atoms with E-state index >= 15 is 0 Å². The van der Waals surface area contributed by atoms with Crippen molar-refractivity contribution in [1.29, 1.82) is 0 Å². The summed E-state index contributed by atoms with van der Waals surface area (Å²) in [6.45, 7) is 4.29. The quantitative estimate of drug-likeness (QED) is 0.692. The SMILES string of the molecule is CCc1ccncc1-c1nc(-c2ccccc2)c(C)s1. The van der Waals surface area contributed by atoms with E-state index in [2.05, 4.69) is 49.2 Å². The van der Waals surface area contributed by atoms with E-state index < -0.39 is 0 Å². The third-order valence-electron chi connectivity index (χ3n) is 3.37. The van der Waals surface area contributed by atoms with Gasteiger partial charge in [0.05, 0.1) is 5.69 Å². The molecule has 2 aromatic heterocycles. The molecule has 0 bridgehead atoms. The summed E-state index contributed by atoms with van der Waals surface area (Å²) in [7, 11) is 0. The van der Waals surface area contributed by atoms with E-state index in [4.69, 9.17) is 4.98 Å². The molecule has 0 aliphatic heterocycles. The van der Waals surface area contributed by atoms with Crippen LogP contribution in [0.1, 0.15) is 17.4 Å². The summed E-state index contributed by atoms with van der Waals surface area (Å²) in [5.74, 6) is 0. The highest BCUT2D eigenvalue weighted by atomic mass is 32.1. The maximum absolute atomic E-state index is 4.84. The fourth-order valence-electron chi connectivity index (χ4n) is 2.30. The monoisotopic (exact) mass is 280 g/mol. The fraction of sp³-hybridized carbons (Fsp3) is 0.176. The molecule has 3 heteroatoms. The molecule has 2 heterocycles. The van der Waals surface area contributed by atoms with Gasteiger partial charge in [0.25, 0.3) is 0 Å². The van der Waals surface area contributed by atoms with Crippen molar-refractivity contribution >= 4 is 11.3 Å². The number of hydrogen-bond donors (Lipinski definition) is 0. The Bertz CT molecular complexity index is 717. The lowest BCUT2D eigenvalue weighted by atomic mass is 10.1. The van der Waals surface area contributed by atoms with Crippen molar-refractivity contribution < 1.29 is 0 Å². The van der Waals surface area contributed by atoms with Crippen LogP contribution in [0.25, 0.3) is 21.8 Å². The molecule has 0 unspecified atom stereocenters. The van der Waals surface area contributed by atoms with E-state index in [1.165, 1.54) is 16.0 Å². The molecule has 0 radical (unpaired) electrons. The Kier molecular flexibility index (Phi) is 3.61. The summed E-state index contributed by atoms with van der Waals surface area (Å²) >= 11 is 1.74. The van der Waals surface area contributed by atoms with Crippen LogP contribution in [-0.2, 0) is 6.42 Å². The van der Waals surface area contributed by atoms with Crippen LogP contribution in [-0.4, -0.2) is 9.97 Å². The summed E-state index contributed by atoms with van der Waals surface area (Å²) in [6.07, 6.45) is 4.77. The summed E-state index contributed by atoms with van der Waals surface area (Å²) in [5.41, 5.74) is 4.71. The lowest BCUT2D eigenvalue weighted by Gasteiger charge is -2.02. The molecule has 2 nitrogen and oxygen atoms in total. The van der Waals surface area contributed by atoms with E-state index in [1.807, 2.05) is 18.5 Å². The Balaban J connectivity index is 2.09. The molecule has 1 aromatic carbocycles. The zero-order valence-corrected chi connectivity index (χ0v) is 12.4. The Morgan fingerprint density at radius 2 is 1.90 bits per heavy atom. The van der Waals surface area contributed by atoms with Gasteiger partial charge in [-0.25, -0.2) is 4.98 Å². The number of nitrogens with zero attached hydrogens (tertiary/aromatic N) is 2. The molecule has 0 fully saturated rings. The number of thiazole rings is 1. The largest absolute Gasteiger partial charge is 0.264 e. The van der Waals surface area contributed by atoms with Gasteiger partial charge in [0.15, 0.2) is 0 Å². The number of hydrogen-bond acceptors (Lipinski definition) is 3. The first-order chi connectivity index (χ1) is 9.79. The molecule has 3 rings (SSSR count). The van der Waals surface area contributed by atoms with Crippen molar-refractivity contribution in [3.05, 3.63) is 59.2 Å². The maximum atomic E-state index is 4.84. The average Bonchev–Trinajstić information content (AvgIpc) is 2.90. The van der Waals surface area contributed by atoms with E-state index in [9.17, 15) is 0 Å². The molecule has 0 aliphatic carbocycles. The third kappa shape index (κ3) is 2.37. The van der Waals surface area contributed by atoms with Crippen LogP contribution in [0.3, 0.4) is 0 Å². The van der Waals surface area contributed by atoms with Crippen LogP contribution >= 0.6 is 11.3 Å². The molecule has 0 N–H and O–H groups in total. The number of rotatable bonds is 3. The predicted octanol–water partition coefficient (Wildman–Crippen LogP) is 4.74. The molecule has 20 heavy (non-hydrogen) atoms. The zero-order chi connectivity index (χ0) is 13.9. The number of pyridine rings is 1. The van der Waals surface area contributed by atoms with Crippen molar-refractivity contribution in [2.45, 2.75) is 20.3 Å². The highest BCUT2D eigenvalue weighted by molar-refractivity contribution is 7.15. The van der Waals surface area contributed by atoms with Gasteiger partial charge in [0.2, 0.25) is 0 Å². The minimum absolute atomic E-state index is 0.997. The van der Waals surface area contributed by atoms with Crippen molar-refractivity contribution in [3.8, 4) is 21.8 Å². The molecule has 0 atom stereocenters. The molecule has 3 aromatic rings. The number of benzene rings is 1. The second kappa shape index (κ2) is 5.55. The topological polar surface area (TPSA) is 25.8 Å². The molecule has 0 saturated heterocycles. The highest BCUT2D eigenvalue weighted by Crippen LogP contribution is 2.34. The molecular formula is C17H16N2S. The average molecular weight is 280 g/mol. The first kappa shape index (κ1) is 13.0. The molecule has 0 spiro atoms. The first-order valence-electron chi connectivity index (χ1n) is 6.75. The summed E-state index contributed by atoms with van der Waals surface area (Å²) < 4.78 is 0. The zero-order valence-electron chi connectivity index (χ0n) is 11.6. The van der Waals surface area contributed by atoms with Crippen molar-refractivity contribution in [2.24, 2.45) is 0 Å². The van der Waals surface area contributed by atoms with Crippen LogP contribution in [0, 0.1) is 6.92 Å². The van der Waals surface area contributed by atoms with E-state index in [1.54, 1.807) is 11.3 Å². The highest BCUT2D eigenvalue weighted by Gasteiger charge is 2.13. The van der Waals surface area contributed by atoms with Gasteiger partial charge in [-0.2, -0.15) is 0 Å². The van der Waals surface area contributed by atoms with Crippen molar-refractivity contribution in [1.82, 2.24) is 9.97 Å². The van der Waals surface area contributed by atoms with Crippen LogP contribution in [0.2, 0.25) is 0 Å². The smallest absolute Gasteiger partial charge is 0.126 e. The lowest BCUT2D eigenvalue weighted by molar-refractivity contribution is 1.12. The second-order valence-corrected chi connectivity index (χ2v) is 5.88. The molecule has 0 saturated carbocycles. The van der Waals surface area contributed by atoms with Crippen molar-refractivity contribution in [3.63, 3.8) is 0 Å². The van der Waals surface area contributed by atoms with Gasteiger partial charge in [-0.05, 0) is 25.0 Å². The summed E-state index contributed by atoms with van der Waals surface area (Å²) in [4.78, 5) is 10.3. The Hall–Kier alpha value is -2.00. The van der Waals surface area contributed by atoms with Gasteiger partial charge in [-0.1, -0.05) is 37.3 Å². The fourth-order valence-corrected chi connectivity index (χ4v) is 3.28. The van der Waals surface area contributed by atoms with Crippen LogP contribution < -0.4 is 0 Å². The van der Waals surface area contributed by atoms with Gasteiger partial charge >= 0.3 is 0 Å². The summed E-state index contributed by atoms with van der Waals surface area (Å²) in [5, 5.41) is 1.06. The van der Waals surface area contributed by atoms with Crippen LogP contribution in [0.15, 0.2) is 48.8 Å². The Morgan fingerprint density at radius 3 is 2.65 bits per heavy atom. The molecule has 0 amide bonds. The van der Waals surface area contributed by atoms with Gasteiger partial charge in [0.1, 0.15) is 5.01 Å². The van der Waals surface area contributed by atoms with E-state index in [-0.39, 0.29) is 0 Å². The van der Waals surface area contributed by atoms with Crippen molar-refractivity contribution in [2.75, 3.05) is 0 Å². The van der Waals surface area contributed by atoms with Gasteiger partial charge in [0, 0.05) is 28.4 Å². The Labute approximate surface area is 123 Å². The van der Waals surface area contributed by atoms with E-state index in [0.717, 1.165) is 22.7 Å². The Morgan fingerprint density at radius 1 is 1.10 bits per heavy atom. The molecule has 0 aliphatic rings. The number of aryl methyl sites for hydroxylation is 2. The van der Waals surface area contributed by atoms with Crippen LogP contribution in [0.5, 0.6) is 0 Å². The van der Waals surface area contributed by atoms with Gasteiger partial charge < -0.3 is 0 Å². The second-order valence-electron chi connectivity index (χ2n) is 4.68. The maximum Gasteiger partial charge on any atom is 0.126 e. The molecular weight excluding hydrogens is 264 g/mol. The first-order valence-corrected chi connectivity index (χ1v) is 7.57. The third-order valence-corrected chi connectivity index (χ3v) is 4.37.